The molecule has 5 N–H and O–H groups in total. The summed E-state index contributed by atoms with van der Waals surface area (Å²) >= 11 is 1.57. The molecule has 2 aliphatic heterocycles. The Morgan fingerprint density at radius 2 is 1.42 bits per heavy atom. The zero-order valence-electron chi connectivity index (χ0n) is 41.5. The van der Waals surface area contributed by atoms with Gasteiger partial charge >= 0.3 is 0 Å². The average molecular weight is 985 g/mol. The summed E-state index contributed by atoms with van der Waals surface area (Å²) in [5.41, 5.74) is 9.19. The maximum absolute atomic E-state index is 14.1. The lowest BCUT2D eigenvalue weighted by molar-refractivity contribution is -0.144. The molecule has 0 bridgehead atoms. The first-order valence-electron chi connectivity index (χ1n) is 24.7. The second kappa shape index (κ2) is 24.0. The summed E-state index contributed by atoms with van der Waals surface area (Å²) in [4.78, 5) is 65.0. The van der Waals surface area contributed by atoms with E-state index in [1.54, 1.807) is 35.6 Å². The minimum absolute atomic E-state index is 0.00468. The van der Waals surface area contributed by atoms with E-state index in [0.29, 0.717) is 45.5 Å². The average Bonchev–Trinajstić information content (AvgIpc) is 3.98. The predicted octanol–water partition coefficient (Wildman–Crippen LogP) is 7.79. The van der Waals surface area contributed by atoms with Crippen molar-refractivity contribution in [1.29, 1.82) is 0 Å². The molecule has 0 radical (unpaired) electrons. The largest absolute Gasteiger partial charge is 0.508 e. The van der Waals surface area contributed by atoms with Gasteiger partial charge in [0.2, 0.25) is 23.6 Å². The molecule has 15 heteroatoms. The number of carbonyl (C=O) groups excluding carboxylic acids is 4. The van der Waals surface area contributed by atoms with Crippen LogP contribution in [0.4, 0.5) is 0 Å². The monoisotopic (exact) mass is 984 g/mol. The Bertz CT molecular complexity index is 2620. The second-order valence-corrected chi connectivity index (χ2v) is 20.4. The van der Waals surface area contributed by atoms with Crippen molar-refractivity contribution in [3.05, 3.63) is 131 Å². The number of hydrogen-bond acceptors (Lipinski definition) is 11. The maximum Gasteiger partial charge on any atom is 0.246 e. The molecule has 3 heterocycles. The number of allylic oxidation sites excluding steroid dienone is 1. The number of ether oxygens (including phenoxy) is 1. The van der Waals surface area contributed by atoms with Crippen LogP contribution in [0.15, 0.2) is 103 Å². The number of hydrogen-bond donors (Lipinski definition) is 5. The lowest BCUT2D eigenvalue weighted by Gasteiger charge is -2.35. The Morgan fingerprint density at radius 1 is 0.817 bits per heavy atom. The molecule has 2 saturated heterocycles. The maximum atomic E-state index is 14.1. The highest BCUT2D eigenvalue weighted by Crippen LogP contribution is 2.36. The van der Waals surface area contributed by atoms with E-state index in [-0.39, 0.29) is 55.2 Å². The fourth-order valence-electron chi connectivity index (χ4n) is 9.30. The van der Waals surface area contributed by atoms with Crippen LogP contribution in [0, 0.1) is 12.3 Å². The number of nitrogens with zero attached hydrogens (tertiary/aromatic N) is 4. The molecule has 0 saturated carbocycles. The third-order valence-corrected chi connectivity index (χ3v) is 14.3. The summed E-state index contributed by atoms with van der Waals surface area (Å²) in [6.07, 6.45) is 1.47. The molecule has 0 spiro atoms. The summed E-state index contributed by atoms with van der Waals surface area (Å²) in [7, 11) is 0. The smallest absolute Gasteiger partial charge is 0.246 e. The van der Waals surface area contributed by atoms with Crippen molar-refractivity contribution in [2.45, 2.75) is 97.9 Å². The molecule has 1 aromatic heterocycles. The van der Waals surface area contributed by atoms with E-state index in [0.717, 1.165) is 74.8 Å². The van der Waals surface area contributed by atoms with Crippen LogP contribution < -0.4 is 15.4 Å². The lowest BCUT2D eigenvalue weighted by Crippen LogP contribution is -2.57. The first-order chi connectivity index (χ1) is 34.1. The van der Waals surface area contributed by atoms with Crippen molar-refractivity contribution in [2.24, 2.45) is 5.41 Å². The van der Waals surface area contributed by atoms with Crippen LogP contribution >= 0.6 is 11.3 Å². The number of piperazine rings is 1. The molecule has 14 nitrogen and oxygen atoms in total. The quantitative estimate of drug-likeness (QED) is 0.0404. The molecule has 4 amide bonds. The number of aliphatic hydroxyl groups is 1. The number of aliphatic hydroxyl groups excluding tert-OH is 1. The molecule has 2 fully saturated rings. The number of aromatic nitrogens is 1. The molecule has 0 aliphatic carbocycles. The molecule has 2 aliphatic rings. The number of aryl methyl sites for hydroxylation is 1. The van der Waals surface area contributed by atoms with Gasteiger partial charge in [-0.05, 0) is 107 Å². The Labute approximate surface area is 421 Å². The van der Waals surface area contributed by atoms with Gasteiger partial charge in [-0.15, -0.1) is 11.3 Å². The van der Waals surface area contributed by atoms with E-state index >= 15 is 0 Å². The van der Waals surface area contributed by atoms with Crippen LogP contribution in [0.3, 0.4) is 0 Å². The molecule has 5 aromatic rings. The SMILES string of the molecule is CCC(=C(c1ccc(O)cc1)c1ccc(OCCN2CCN(C(=O)CCCCC(=O)N[C@H](C(=O)N3C[C@H](O)C[C@H]3C(=O)NCc3ccc(-c4scnc4C)cc3)C(C)(C)C)CC2)cc1)c1ccc(O)cc1. The highest BCUT2D eigenvalue weighted by Gasteiger charge is 2.44. The van der Waals surface area contributed by atoms with Crippen molar-refractivity contribution in [3.63, 3.8) is 0 Å². The Morgan fingerprint density at radius 3 is 2.01 bits per heavy atom. The van der Waals surface area contributed by atoms with E-state index in [2.05, 4.69) is 27.4 Å². The molecule has 3 atom stereocenters. The number of phenols is 2. The molecular weight excluding hydrogens is 917 g/mol. The molecule has 0 unspecified atom stereocenters. The van der Waals surface area contributed by atoms with Crippen LogP contribution in [0.2, 0.25) is 0 Å². The van der Waals surface area contributed by atoms with Gasteiger partial charge in [-0.25, -0.2) is 4.98 Å². The van der Waals surface area contributed by atoms with E-state index in [1.165, 1.54) is 4.90 Å². The second-order valence-electron chi connectivity index (χ2n) is 19.5. The van der Waals surface area contributed by atoms with Crippen molar-refractivity contribution in [1.82, 2.24) is 30.3 Å². The Kier molecular flexibility index (Phi) is 17.7. The van der Waals surface area contributed by atoms with Gasteiger partial charge in [-0.2, -0.15) is 0 Å². The standard InChI is InChI=1S/C56H68N6O8S/c1-6-47(39-15-21-43(63)22-16-39)51(40-17-23-44(64)24-18-40)41-19-25-46(26-20-41)70-32-31-60-27-29-61(30-28-60)50(67)10-8-7-9-49(66)59-53(56(3,4)5)55(69)62-35-45(65)33-48(62)54(68)57-34-38-11-13-42(14-12-38)52-37(2)58-36-71-52/h11-26,36,45,48,53,63-65H,6-10,27-35H2,1-5H3,(H,57,68)(H,59,66)/t45-,48+,53-/m1/s1. The fraction of sp³-hybridized carbons (Fsp3) is 0.411. The number of amides is 4. The van der Waals surface area contributed by atoms with Crippen molar-refractivity contribution >= 4 is 46.1 Å². The van der Waals surface area contributed by atoms with Gasteiger partial charge in [0.15, 0.2) is 0 Å². The zero-order valence-corrected chi connectivity index (χ0v) is 42.3. The molecule has 71 heavy (non-hydrogen) atoms. The number of nitrogens with one attached hydrogen (secondary N) is 2. The van der Waals surface area contributed by atoms with E-state index in [4.69, 9.17) is 4.74 Å². The highest BCUT2D eigenvalue weighted by molar-refractivity contribution is 7.13. The highest BCUT2D eigenvalue weighted by atomic mass is 32.1. The number of phenolic OH excluding ortho intramolecular Hbond substituents is 2. The minimum atomic E-state index is -0.923. The normalized spacial score (nSPS) is 17.1. The van der Waals surface area contributed by atoms with Gasteiger partial charge in [0.05, 0.1) is 22.2 Å². The van der Waals surface area contributed by atoms with E-state index < -0.39 is 29.5 Å². The molecule has 7 rings (SSSR count). The van der Waals surface area contributed by atoms with Crippen molar-refractivity contribution in [3.8, 4) is 27.7 Å². The number of carbonyl (C=O) groups is 4. The first kappa shape index (κ1) is 52.3. The fourth-order valence-corrected chi connectivity index (χ4v) is 10.1. The number of β-amino-alcohol motifs (C(OH)–C–C–N with tert-alkyl or cyclic N) is 1. The third kappa shape index (κ3) is 13.9. The summed E-state index contributed by atoms with van der Waals surface area (Å²) in [5.74, 6) is 0.139. The van der Waals surface area contributed by atoms with Crippen LogP contribution in [-0.4, -0.2) is 123 Å². The number of aromatic hydroxyl groups is 2. The summed E-state index contributed by atoms with van der Waals surface area (Å²) in [6, 6.07) is 28.5. The van der Waals surface area contributed by atoms with Crippen LogP contribution in [-0.2, 0) is 25.7 Å². The molecule has 4 aromatic carbocycles. The Balaban J connectivity index is 0.820. The summed E-state index contributed by atoms with van der Waals surface area (Å²) in [6.45, 7) is 13.8. The van der Waals surface area contributed by atoms with Gasteiger partial charge in [0, 0.05) is 65.1 Å². The number of rotatable bonds is 19. The van der Waals surface area contributed by atoms with Crippen LogP contribution in [0.1, 0.15) is 94.2 Å². The van der Waals surface area contributed by atoms with E-state index in [9.17, 15) is 34.5 Å². The van der Waals surface area contributed by atoms with Crippen molar-refractivity contribution < 1.29 is 39.2 Å². The zero-order chi connectivity index (χ0) is 50.7. The lowest BCUT2D eigenvalue weighted by atomic mass is 9.85. The summed E-state index contributed by atoms with van der Waals surface area (Å²) in [5, 5.41) is 36.4. The van der Waals surface area contributed by atoms with Gasteiger partial charge < -0.3 is 40.5 Å². The van der Waals surface area contributed by atoms with Gasteiger partial charge in [-0.3, -0.25) is 24.1 Å². The van der Waals surface area contributed by atoms with Gasteiger partial charge in [0.1, 0.15) is 35.9 Å². The topological polar surface area (TPSA) is 185 Å². The number of benzene rings is 4. The van der Waals surface area contributed by atoms with Gasteiger partial charge in [-0.1, -0.05) is 88.4 Å². The van der Waals surface area contributed by atoms with Crippen LogP contribution in [0.5, 0.6) is 17.2 Å². The first-order valence-corrected chi connectivity index (χ1v) is 25.6. The number of thiazole rings is 1. The number of unbranched alkanes of at least 4 members (excludes halogenated alkanes) is 1. The summed E-state index contributed by atoms with van der Waals surface area (Å²) < 4.78 is 6.16. The Hall–Kier alpha value is -6.55. The predicted molar refractivity (Wildman–Crippen MR) is 277 cm³/mol. The third-order valence-electron chi connectivity index (χ3n) is 13.3. The van der Waals surface area contributed by atoms with Gasteiger partial charge in [0.25, 0.3) is 0 Å². The molecule has 376 valence electrons. The van der Waals surface area contributed by atoms with E-state index in [1.807, 2.05) is 111 Å². The minimum Gasteiger partial charge on any atom is -0.508 e. The number of likely N-dealkylation sites (tertiary alicyclic amines) is 1. The van der Waals surface area contributed by atoms with Crippen LogP contribution in [0.25, 0.3) is 21.6 Å². The van der Waals surface area contributed by atoms with Crippen molar-refractivity contribution in [2.75, 3.05) is 45.9 Å². The molecular formula is C56H68N6O8S.